The highest BCUT2D eigenvalue weighted by atomic mass is 16.2. The number of benzene rings is 1. The van der Waals surface area contributed by atoms with Gasteiger partial charge in [-0.05, 0) is 25.0 Å². The summed E-state index contributed by atoms with van der Waals surface area (Å²) in [5, 5.41) is 2.96. The molecule has 4 nitrogen and oxygen atoms in total. The summed E-state index contributed by atoms with van der Waals surface area (Å²) in [4.78, 5) is 25.8. The van der Waals surface area contributed by atoms with E-state index in [9.17, 15) is 9.59 Å². The van der Waals surface area contributed by atoms with Gasteiger partial charge in [0, 0.05) is 6.04 Å². The fourth-order valence-electron chi connectivity index (χ4n) is 2.91. The lowest BCUT2D eigenvalue weighted by atomic mass is 9.82. The maximum atomic E-state index is 12.4. The summed E-state index contributed by atoms with van der Waals surface area (Å²) in [7, 11) is 0. The Morgan fingerprint density at radius 3 is 2.56 bits per heavy atom. The van der Waals surface area contributed by atoms with Crippen LogP contribution in [0.3, 0.4) is 0 Å². The minimum Gasteiger partial charge on any atom is -0.334 e. The van der Waals surface area contributed by atoms with Crippen LogP contribution in [0.25, 0.3) is 0 Å². The van der Waals surface area contributed by atoms with Crippen LogP contribution in [0.15, 0.2) is 30.3 Å². The van der Waals surface area contributed by atoms with Crippen molar-refractivity contribution in [2.45, 2.75) is 31.7 Å². The van der Waals surface area contributed by atoms with Crippen LogP contribution in [0.4, 0.5) is 10.5 Å². The molecule has 2 atom stereocenters. The summed E-state index contributed by atoms with van der Waals surface area (Å²) in [6, 6.07) is 8.89. The number of para-hydroxylation sites is 1. The van der Waals surface area contributed by atoms with Gasteiger partial charge in [0.25, 0.3) is 0 Å². The highest BCUT2D eigenvalue weighted by Crippen LogP contribution is 2.31. The number of carbonyl (C=O) groups is 2. The number of fused-ring (bicyclic) bond motifs is 1. The smallest absolute Gasteiger partial charge is 0.328 e. The highest BCUT2D eigenvalue weighted by Gasteiger charge is 2.42. The van der Waals surface area contributed by atoms with Gasteiger partial charge in [0.1, 0.15) is 0 Å². The molecule has 0 spiro atoms. The Kier molecular flexibility index (Phi) is 2.78. The van der Waals surface area contributed by atoms with Gasteiger partial charge in [0.05, 0.1) is 11.6 Å². The summed E-state index contributed by atoms with van der Waals surface area (Å²) < 4.78 is 0. The Hall–Kier alpha value is -1.84. The lowest BCUT2D eigenvalue weighted by Crippen LogP contribution is -2.61. The second-order valence-corrected chi connectivity index (χ2v) is 4.96. The first kappa shape index (κ1) is 11.3. The van der Waals surface area contributed by atoms with Gasteiger partial charge >= 0.3 is 6.03 Å². The molecule has 2 fully saturated rings. The lowest BCUT2D eigenvalue weighted by Gasteiger charge is -2.39. The lowest BCUT2D eigenvalue weighted by molar-refractivity contribution is -0.124. The molecule has 1 aliphatic heterocycles. The fraction of sp³-hybridized carbons (Fsp3) is 0.429. The number of nitrogens with zero attached hydrogens (tertiary/aromatic N) is 1. The van der Waals surface area contributed by atoms with Crippen molar-refractivity contribution in [2.75, 3.05) is 4.90 Å². The number of nitrogens with one attached hydrogen (secondary N) is 1. The number of imide groups is 1. The molecular weight excluding hydrogens is 228 g/mol. The van der Waals surface area contributed by atoms with E-state index in [0.29, 0.717) is 5.69 Å². The van der Waals surface area contributed by atoms with Crippen molar-refractivity contribution in [3.8, 4) is 0 Å². The quantitative estimate of drug-likeness (QED) is 0.824. The Balaban J connectivity index is 1.91. The van der Waals surface area contributed by atoms with Crippen molar-refractivity contribution in [2.24, 2.45) is 5.92 Å². The average Bonchev–Trinajstić information content (AvgIpc) is 2.40. The van der Waals surface area contributed by atoms with Crippen LogP contribution in [0.2, 0.25) is 0 Å². The van der Waals surface area contributed by atoms with E-state index in [-0.39, 0.29) is 23.9 Å². The molecule has 1 saturated heterocycles. The third-order valence-corrected chi connectivity index (χ3v) is 3.83. The molecule has 0 unspecified atom stereocenters. The van der Waals surface area contributed by atoms with Gasteiger partial charge in [0.15, 0.2) is 0 Å². The maximum absolute atomic E-state index is 12.4. The van der Waals surface area contributed by atoms with Crippen LogP contribution >= 0.6 is 0 Å². The molecule has 4 heteroatoms. The normalized spacial score (nSPS) is 27.7. The molecule has 1 N–H and O–H groups in total. The Labute approximate surface area is 106 Å². The van der Waals surface area contributed by atoms with Crippen LogP contribution in [-0.4, -0.2) is 18.0 Å². The second kappa shape index (κ2) is 4.44. The maximum Gasteiger partial charge on any atom is 0.328 e. The summed E-state index contributed by atoms with van der Waals surface area (Å²) >= 11 is 0. The average molecular weight is 244 g/mol. The molecular formula is C14H16N2O2. The molecule has 0 bridgehead atoms. The standard InChI is InChI=1S/C14H16N2O2/c17-13-11-8-4-5-9-12(11)15-14(18)16(13)10-6-2-1-3-7-10/h1-3,6-7,11-12H,4-5,8-9H2,(H,15,18)/t11-,12+/m1/s1. The van der Waals surface area contributed by atoms with E-state index in [1.54, 1.807) is 12.1 Å². The molecule has 2 aliphatic rings. The van der Waals surface area contributed by atoms with E-state index >= 15 is 0 Å². The second-order valence-electron chi connectivity index (χ2n) is 4.96. The number of hydrogen-bond donors (Lipinski definition) is 1. The van der Waals surface area contributed by atoms with Crippen molar-refractivity contribution < 1.29 is 9.59 Å². The molecule has 1 aromatic carbocycles. The first-order valence-electron chi connectivity index (χ1n) is 6.47. The van der Waals surface area contributed by atoms with Crippen LogP contribution in [-0.2, 0) is 4.79 Å². The van der Waals surface area contributed by atoms with Crippen molar-refractivity contribution in [3.63, 3.8) is 0 Å². The molecule has 18 heavy (non-hydrogen) atoms. The third kappa shape index (κ3) is 1.78. The zero-order valence-corrected chi connectivity index (χ0v) is 10.1. The molecule has 1 aliphatic carbocycles. The van der Waals surface area contributed by atoms with E-state index in [0.717, 1.165) is 25.7 Å². The van der Waals surface area contributed by atoms with Gasteiger partial charge in [-0.2, -0.15) is 0 Å². The molecule has 1 saturated carbocycles. The zero-order chi connectivity index (χ0) is 12.5. The summed E-state index contributed by atoms with van der Waals surface area (Å²) in [6.07, 6.45) is 3.98. The number of amides is 3. The summed E-state index contributed by atoms with van der Waals surface area (Å²) in [5.74, 6) is -0.0914. The molecule has 94 valence electrons. The van der Waals surface area contributed by atoms with Crippen molar-refractivity contribution in [1.82, 2.24) is 5.32 Å². The number of hydrogen-bond acceptors (Lipinski definition) is 2. The van der Waals surface area contributed by atoms with Crippen LogP contribution in [0.5, 0.6) is 0 Å². The van der Waals surface area contributed by atoms with Crippen molar-refractivity contribution in [1.29, 1.82) is 0 Å². The van der Waals surface area contributed by atoms with Crippen molar-refractivity contribution in [3.05, 3.63) is 30.3 Å². The summed E-state index contributed by atoms with van der Waals surface area (Å²) in [6.45, 7) is 0. The predicted molar refractivity (Wildman–Crippen MR) is 68.2 cm³/mol. The van der Waals surface area contributed by atoms with Gasteiger partial charge in [-0.15, -0.1) is 0 Å². The zero-order valence-electron chi connectivity index (χ0n) is 10.1. The molecule has 3 rings (SSSR count). The molecule has 0 aromatic heterocycles. The van der Waals surface area contributed by atoms with Gasteiger partial charge < -0.3 is 5.32 Å². The van der Waals surface area contributed by atoms with Gasteiger partial charge in [-0.3, -0.25) is 4.79 Å². The molecule has 1 aromatic rings. The van der Waals surface area contributed by atoms with Gasteiger partial charge in [0.2, 0.25) is 5.91 Å². The molecule has 3 amide bonds. The number of urea groups is 1. The Morgan fingerprint density at radius 2 is 1.78 bits per heavy atom. The largest absolute Gasteiger partial charge is 0.334 e. The first-order chi connectivity index (χ1) is 8.77. The van der Waals surface area contributed by atoms with E-state index in [4.69, 9.17) is 0 Å². The van der Waals surface area contributed by atoms with Crippen LogP contribution in [0.1, 0.15) is 25.7 Å². The molecule has 1 heterocycles. The summed E-state index contributed by atoms with van der Waals surface area (Å²) in [5.41, 5.74) is 0.657. The predicted octanol–water partition coefficient (Wildman–Crippen LogP) is 2.30. The molecule has 0 radical (unpaired) electrons. The van der Waals surface area contributed by atoms with Gasteiger partial charge in [-0.1, -0.05) is 31.0 Å². The van der Waals surface area contributed by atoms with E-state index in [2.05, 4.69) is 5.32 Å². The van der Waals surface area contributed by atoms with E-state index in [1.807, 2.05) is 18.2 Å². The minimum atomic E-state index is -0.283. The van der Waals surface area contributed by atoms with E-state index in [1.165, 1.54) is 4.90 Å². The Bertz CT molecular complexity index is 472. The Morgan fingerprint density at radius 1 is 1.06 bits per heavy atom. The van der Waals surface area contributed by atoms with Crippen LogP contribution in [0, 0.1) is 5.92 Å². The minimum absolute atomic E-state index is 0.0405. The fourth-order valence-corrected chi connectivity index (χ4v) is 2.91. The number of carbonyl (C=O) groups excluding carboxylic acids is 2. The highest BCUT2D eigenvalue weighted by molar-refractivity contribution is 6.17. The monoisotopic (exact) mass is 244 g/mol. The van der Waals surface area contributed by atoms with Crippen molar-refractivity contribution >= 4 is 17.6 Å². The SMILES string of the molecule is O=C1N[C@H]2CCCC[C@H]2C(=O)N1c1ccccc1. The van der Waals surface area contributed by atoms with Gasteiger partial charge in [-0.25, -0.2) is 9.69 Å². The third-order valence-electron chi connectivity index (χ3n) is 3.83. The first-order valence-corrected chi connectivity index (χ1v) is 6.47. The van der Waals surface area contributed by atoms with Crippen LogP contribution < -0.4 is 10.2 Å². The topological polar surface area (TPSA) is 49.4 Å². The number of rotatable bonds is 1. The van der Waals surface area contributed by atoms with E-state index < -0.39 is 0 Å². The number of anilines is 1.